The van der Waals surface area contributed by atoms with Gasteiger partial charge in [0.15, 0.2) is 0 Å². The van der Waals surface area contributed by atoms with E-state index in [-0.39, 0.29) is 12.3 Å². The first-order valence-corrected chi connectivity index (χ1v) is 5.72. The van der Waals surface area contributed by atoms with Crippen LogP contribution in [0.5, 0.6) is 5.75 Å². The van der Waals surface area contributed by atoms with Gasteiger partial charge in [-0.05, 0) is 24.3 Å². The highest BCUT2D eigenvalue weighted by molar-refractivity contribution is 5.68. The van der Waals surface area contributed by atoms with Crippen molar-refractivity contribution in [1.29, 1.82) is 0 Å². The molecule has 0 saturated carbocycles. The van der Waals surface area contributed by atoms with E-state index in [1.807, 2.05) is 0 Å². The fourth-order valence-corrected chi connectivity index (χ4v) is 1.74. The molecule has 0 fully saturated rings. The van der Waals surface area contributed by atoms with Gasteiger partial charge in [-0.2, -0.15) is 13.2 Å². The third-order valence-corrected chi connectivity index (χ3v) is 2.74. The summed E-state index contributed by atoms with van der Waals surface area (Å²) in [5, 5.41) is 0. The second-order valence-corrected chi connectivity index (χ2v) is 4.01. The van der Waals surface area contributed by atoms with Crippen molar-refractivity contribution in [1.82, 2.24) is 9.97 Å². The van der Waals surface area contributed by atoms with Crippen LogP contribution in [0, 0.1) is 0 Å². The molecule has 1 heterocycles. The summed E-state index contributed by atoms with van der Waals surface area (Å²) in [7, 11) is 1.31. The van der Waals surface area contributed by atoms with Crippen molar-refractivity contribution in [3.8, 4) is 17.0 Å². The van der Waals surface area contributed by atoms with Crippen LogP contribution >= 0.6 is 0 Å². The third-order valence-electron chi connectivity index (χ3n) is 2.74. The highest BCUT2D eigenvalue weighted by Gasteiger charge is 2.31. The van der Waals surface area contributed by atoms with Crippen LogP contribution in [0.2, 0.25) is 0 Å². The van der Waals surface area contributed by atoms with Crippen LogP contribution in [0.1, 0.15) is 11.3 Å². The maximum absolute atomic E-state index is 12.7. The number of nitrogens with two attached hydrogens (primary N) is 1. The fourth-order valence-electron chi connectivity index (χ4n) is 1.74. The van der Waals surface area contributed by atoms with Gasteiger partial charge in [0.2, 0.25) is 0 Å². The van der Waals surface area contributed by atoms with Gasteiger partial charge in [-0.1, -0.05) is 0 Å². The zero-order chi connectivity index (χ0) is 14.8. The molecule has 0 amide bonds. The number of benzene rings is 1. The molecular weight excluding hydrogens is 271 g/mol. The van der Waals surface area contributed by atoms with E-state index in [9.17, 15) is 13.2 Å². The molecule has 106 valence electrons. The topological polar surface area (TPSA) is 61.0 Å². The monoisotopic (exact) mass is 283 g/mol. The zero-order valence-corrected chi connectivity index (χ0v) is 10.6. The van der Waals surface area contributed by atoms with E-state index in [4.69, 9.17) is 10.5 Å². The predicted octanol–water partition coefficient (Wildman–Crippen LogP) is 2.63. The zero-order valence-electron chi connectivity index (χ0n) is 10.6. The minimum absolute atomic E-state index is 0.0986. The standard InChI is InChI=1S/C13H12F3N3O/c1-20-12-4-8(13(14,15)16)2-3-10(12)11-5-9(6-17)18-7-19-11/h2-5,7H,6,17H2,1H3. The summed E-state index contributed by atoms with van der Waals surface area (Å²) >= 11 is 0. The highest BCUT2D eigenvalue weighted by Crippen LogP contribution is 2.36. The lowest BCUT2D eigenvalue weighted by Gasteiger charge is -2.12. The van der Waals surface area contributed by atoms with Crippen molar-refractivity contribution in [3.05, 3.63) is 41.9 Å². The molecule has 0 bridgehead atoms. The maximum atomic E-state index is 12.7. The van der Waals surface area contributed by atoms with Crippen molar-refractivity contribution in [3.63, 3.8) is 0 Å². The van der Waals surface area contributed by atoms with Crippen LogP contribution in [0.15, 0.2) is 30.6 Å². The summed E-state index contributed by atoms with van der Waals surface area (Å²) in [6.07, 6.45) is -3.10. The summed E-state index contributed by atoms with van der Waals surface area (Å²) in [6.45, 7) is 0.221. The Kier molecular flexibility index (Phi) is 3.89. The molecule has 2 aromatic rings. The van der Waals surface area contributed by atoms with Crippen LogP contribution < -0.4 is 10.5 Å². The van der Waals surface area contributed by atoms with Gasteiger partial charge in [0.1, 0.15) is 12.1 Å². The summed E-state index contributed by atoms with van der Waals surface area (Å²) in [4.78, 5) is 7.97. The molecule has 0 atom stereocenters. The van der Waals surface area contributed by atoms with E-state index in [0.29, 0.717) is 17.0 Å². The molecular formula is C13H12F3N3O. The first-order chi connectivity index (χ1) is 9.45. The van der Waals surface area contributed by atoms with Gasteiger partial charge in [0.05, 0.1) is 24.1 Å². The van der Waals surface area contributed by atoms with Crippen molar-refractivity contribution in [2.45, 2.75) is 12.7 Å². The number of rotatable bonds is 3. The van der Waals surface area contributed by atoms with Gasteiger partial charge in [-0.15, -0.1) is 0 Å². The van der Waals surface area contributed by atoms with Crippen molar-refractivity contribution >= 4 is 0 Å². The Hall–Kier alpha value is -2.15. The number of halogens is 3. The van der Waals surface area contributed by atoms with E-state index in [0.717, 1.165) is 12.1 Å². The molecule has 2 rings (SSSR count). The molecule has 1 aromatic carbocycles. The Morgan fingerprint density at radius 3 is 2.55 bits per heavy atom. The van der Waals surface area contributed by atoms with Crippen molar-refractivity contribution in [2.24, 2.45) is 5.73 Å². The van der Waals surface area contributed by atoms with Crippen LogP contribution in [-0.4, -0.2) is 17.1 Å². The number of ether oxygens (including phenoxy) is 1. The number of methoxy groups -OCH3 is 1. The maximum Gasteiger partial charge on any atom is 0.416 e. The van der Waals surface area contributed by atoms with Crippen LogP contribution in [0.25, 0.3) is 11.3 Å². The van der Waals surface area contributed by atoms with Gasteiger partial charge in [0.25, 0.3) is 0 Å². The Labute approximate surface area is 113 Å². The molecule has 0 unspecified atom stereocenters. The Balaban J connectivity index is 2.51. The Morgan fingerprint density at radius 2 is 1.95 bits per heavy atom. The number of nitrogens with zero attached hydrogens (tertiary/aromatic N) is 2. The van der Waals surface area contributed by atoms with Gasteiger partial charge in [-0.3, -0.25) is 0 Å². The van der Waals surface area contributed by atoms with E-state index in [1.54, 1.807) is 6.07 Å². The normalized spacial score (nSPS) is 11.4. The van der Waals surface area contributed by atoms with Crippen molar-refractivity contribution < 1.29 is 17.9 Å². The Bertz CT molecular complexity index is 614. The molecule has 4 nitrogen and oxygen atoms in total. The molecule has 0 aliphatic heterocycles. The highest BCUT2D eigenvalue weighted by atomic mass is 19.4. The minimum atomic E-state index is -4.42. The first-order valence-electron chi connectivity index (χ1n) is 5.72. The average Bonchev–Trinajstić information content (AvgIpc) is 2.45. The largest absolute Gasteiger partial charge is 0.496 e. The smallest absolute Gasteiger partial charge is 0.416 e. The van der Waals surface area contributed by atoms with Gasteiger partial charge in [-0.25, -0.2) is 9.97 Å². The quantitative estimate of drug-likeness (QED) is 0.940. The van der Waals surface area contributed by atoms with Crippen LogP contribution in [0.4, 0.5) is 13.2 Å². The van der Waals surface area contributed by atoms with Gasteiger partial charge in [0, 0.05) is 12.1 Å². The summed E-state index contributed by atoms with van der Waals surface area (Å²) in [6, 6.07) is 4.87. The molecule has 0 radical (unpaired) electrons. The second kappa shape index (κ2) is 5.46. The van der Waals surface area contributed by atoms with Gasteiger partial charge >= 0.3 is 6.18 Å². The summed E-state index contributed by atoms with van der Waals surface area (Å²) < 4.78 is 43.0. The molecule has 2 N–H and O–H groups in total. The molecule has 1 aromatic heterocycles. The molecule has 0 aliphatic carbocycles. The number of hydrogen-bond donors (Lipinski definition) is 1. The number of hydrogen-bond acceptors (Lipinski definition) is 4. The van der Waals surface area contributed by atoms with Gasteiger partial charge < -0.3 is 10.5 Å². The second-order valence-electron chi connectivity index (χ2n) is 4.01. The molecule has 20 heavy (non-hydrogen) atoms. The lowest BCUT2D eigenvalue weighted by atomic mass is 10.1. The van der Waals surface area contributed by atoms with Crippen LogP contribution in [-0.2, 0) is 12.7 Å². The van der Waals surface area contributed by atoms with E-state index in [2.05, 4.69) is 9.97 Å². The molecule has 0 saturated heterocycles. The average molecular weight is 283 g/mol. The van der Waals surface area contributed by atoms with Crippen LogP contribution in [0.3, 0.4) is 0 Å². The summed E-state index contributed by atoms with van der Waals surface area (Å²) in [5.74, 6) is 0.0986. The lowest BCUT2D eigenvalue weighted by Crippen LogP contribution is -2.06. The lowest BCUT2D eigenvalue weighted by molar-refractivity contribution is -0.137. The summed E-state index contributed by atoms with van der Waals surface area (Å²) in [5.41, 5.74) is 6.22. The number of alkyl halides is 3. The third kappa shape index (κ3) is 2.88. The van der Waals surface area contributed by atoms with Crippen molar-refractivity contribution in [2.75, 3.05) is 7.11 Å². The minimum Gasteiger partial charge on any atom is -0.496 e. The predicted molar refractivity (Wildman–Crippen MR) is 66.9 cm³/mol. The fraction of sp³-hybridized carbons (Fsp3) is 0.231. The van der Waals surface area contributed by atoms with E-state index < -0.39 is 11.7 Å². The van der Waals surface area contributed by atoms with E-state index >= 15 is 0 Å². The van der Waals surface area contributed by atoms with E-state index in [1.165, 1.54) is 19.5 Å². The molecule has 7 heteroatoms. The molecule has 0 aliphatic rings. The first kappa shape index (κ1) is 14.3. The SMILES string of the molecule is COc1cc(C(F)(F)F)ccc1-c1cc(CN)ncn1. The Morgan fingerprint density at radius 1 is 1.20 bits per heavy atom. The molecule has 0 spiro atoms. The number of aromatic nitrogens is 2.